The monoisotopic (exact) mass is 351 g/mol. The van der Waals surface area contributed by atoms with Crippen LogP contribution >= 0.6 is 12.2 Å². The molecule has 0 saturated carbocycles. The molecule has 1 rings (SSSR count). The molecule has 0 saturated heterocycles. The van der Waals surface area contributed by atoms with Crippen LogP contribution in [0.1, 0.15) is 45.1 Å². The van der Waals surface area contributed by atoms with Gasteiger partial charge in [0.25, 0.3) is 5.91 Å². The zero-order chi connectivity index (χ0) is 17.8. The van der Waals surface area contributed by atoms with Crippen LogP contribution in [0.4, 0.5) is 0 Å². The summed E-state index contributed by atoms with van der Waals surface area (Å²) in [5.41, 5.74) is 6.22. The summed E-state index contributed by atoms with van der Waals surface area (Å²) in [6.07, 6.45) is 4.92. The lowest BCUT2D eigenvalue weighted by atomic mass is 10.0. The van der Waals surface area contributed by atoms with E-state index in [2.05, 4.69) is 30.0 Å². The van der Waals surface area contributed by atoms with Crippen LogP contribution < -0.4 is 20.9 Å². The van der Waals surface area contributed by atoms with Gasteiger partial charge in [-0.3, -0.25) is 15.6 Å². The van der Waals surface area contributed by atoms with Crippen molar-refractivity contribution in [1.82, 2.24) is 16.2 Å². The first-order valence-electron chi connectivity index (χ1n) is 8.54. The summed E-state index contributed by atoms with van der Waals surface area (Å²) in [7, 11) is 0. The summed E-state index contributed by atoms with van der Waals surface area (Å²) in [6, 6.07) is 7.57. The maximum absolute atomic E-state index is 11.8. The summed E-state index contributed by atoms with van der Waals surface area (Å²) in [4.78, 5) is 11.8. The van der Waals surface area contributed by atoms with E-state index in [0.717, 1.165) is 12.1 Å². The van der Waals surface area contributed by atoms with E-state index < -0.39 is 0 Å². The number of para-hydroxylation sites is 1. The molecule has 134 valence electrons. The second-order valence-electron chi connectivity index (χ2n) is 6.04. The van der Waals surface area contributed by atoms with Crippen LogP contribution in [0, 0.1) is 12.8 Å². The van der Waals surface area contributed by atoms with Crippen LogP contribution in [0.3, 0.4) is 0 Å². The van der Waals surface area contributed by atoms with Crippen molar-refractivity contribution in [2.75, 3.05) is 13.2 Å². The standard InChI is InChI=1S/C18H29N3O2S/c1-4-5-6-9-14(2)12-19-18(24)21-20-17(22)13-23-16-11-8-7-10-15(16)3/h7-8,10-11,14H,4-6,9,12-13H2,1-3H3,(H,20,22)(H2,19,21,24)/t14-/m1/s1. The topological polar surface area (TPSA) is 62.4 Å². The van der Waals surface area contributed by atoms with Crippen molar-refractivity contribution in [3.8, 4) is 5.75 Å². The van der Waals surface area contributed by atoms with E-state index in [1.165, 1.54) is 25.7 Å². The number of ether oxygens (including phenoxy) is 1. The van der Waals surface area contributed by atoms with Crippen molar-refractivity contribution < 1.29 is 9.53 Å². The molecule has 0 aliphatic rings. The van der Waals surface area contributed by atoms with Gasteiger partial charge in [0.1, 0.15) is 5.75 Å². The van der Waals surface area contributed by atoms with Gasteiger partial charge in [-0.15, -0.1) is 0 Å². The number of hydrogen-bond acceptors (Lipinski definition) is 3. The molecular weight excluding hydrogens is 322 g/mol. The molecule has 6 heteroatoms. The van der Waals surface area contributed by atoms with Crippen LogP contribution in [-0.2, 0) is 4.79 Å². The van der Waals surface area contributed by atoms with E-state index in [1.54, 1.807) is 0 Å². The number of rotatable bonds is 9. The van der Waals surface area contributed by atoms with Crippen LogP contribution in [0.25, 0.3) is 0 Å². The van der Waals surface area contributed by atoms with Gasteiger partial charge >= 0.3 is 0 Å². The van der Waals surface area contributed by atoms with Gasteiger partial charge in [-0.2, -0.15) is 0 Å². The summed E-state index contributed by atoms with van der Waals surface area (Å²) in [5, 5.41) is 3.53. The van der Waals surface area contributed by atoms with Gasteiger partial charge in [0, 0.05) is 6.54 Å². The Bertz CT molecular complexity index is 523. The number of aryl methyl sites for hydroxylation is 1. The Morgan fingerprint density at radius 3 is 2.71 bits per heavy atom. The molecule has 0 aliphatic carbocycles. The molecule has 0 bridgehead atoms. The zero-order valence-electron chi connectivity index (χ0n) is 14.9. The Balaban J connectivity index is 2.15. The van der Waals surface area contributed by atoms with Crippen molar-refractivity contribution in [3.63, 3.8) is 0 Å². The molecule has 1 aromatic rings. The first-order valence-corrected chi connectivity index (χ1v) is 8.94. The maximum Gasteiger partial charge on any atom is 0.276 e. The minimum Gasteiger partial charge on any atom is -0.483 e. The van der Waals surface area contributed by atoms with Gasteiger partial charge in [0.15, 0.2) is 11.7 Å². The largest absolute Gasteiger partial charge is 0.483 e. The molecule has 1 amide bonds. The van der Waals surface area contributed by atoms with Crippen molar-refractivity contribution in [2.45, 2.75) is 46.5 Å². The molecule has 0 fully saturated rings. The molecule has 0 unspecified atom stereocenters. The summed E-state index contributed by atoms with van der Waals surface area (Å²) >= 11 is 5.15. The lowest BCUT2D eigenvalue weighted by molar-refractivity contribution is -0.123. The Morgan fingerprint density at radius 1 is 1.25 bits per heavy atom. The number of thiocarbonyl (C=S) groups is 1. The molecule has 0 radical (unpaired) electrons. The molecule has 0 heterocycles. The van der Waals surface area contributed by atoms with Crippen LogP contribution in [-0.4, -0.2) is 24.2 Å². The predicted octanol–water partition coefficient (Wildman–Crippen LogP) is 3.09. The number of amides is 1. The number of hydrazine groups is 1. The molecule has 0 aromatic heterocycles. The average molecular weight is 352 g/mol. The molecular formula is C18H29N3O2S. The van der Waals surface area contributed by atoms with Gasteiger partial charge in [0.2, 0.25) is 0 Å². The SMILES string of the molecule is CCCCC[C@@H](C)CNC(=S)NNC(=O)COc1ccccc1C. The quantitative estimate of drug-likeness (QED) is 0.362. The number of benzene rings is 1. The first-order chi connectivity index (χ1) is 11.5. The normalized spacial score (nSPS) is 11.5. The highest BCUT2D eigenvalue weighted by molar-refractivity contribution is 7.80. The van der Waals surface area contributed by atoms with E-state index in [-0.39, 0.29) is 12.5 Å². The van der Waals surface area contributed by atoms with E-state index >= 15 is 0 Å². The highest BCUT2D eigenvalue weighted by Crippen LogP contribution is 2.15. The summed E-state index contributed by atoms with van der Waals surface area (Å²) in [5.74, 6) is 0.976. The van der Waals surface area contributed by atoms with Crippen molar-refractivity contribution in [2.24, 2.45) is 5.92 Å². The van der Waals surface area contributed by atoms with Crippen molar-refractivity contribution >= 4 is 23.2 Å². The van der Waals surface area contributed by atoms with Gasteiger partial charge in [-0.1, -0.05) is 51.3 Å². The maximum atomic E-state index is 11.8. The van der Waals surface area contributed by atoms with E-state index in [1.807, 2.05) is 31.2 Å². The fourth-order valence-corrected chi connectivity index (χ4v) is 2.31. The molecule has 1 aromatic carbocycles. The van der Waals surface area contributed by atoms with Crippen LogP contribution in [0.5, 0.6) is 5.75 Å². The number of unbranched alkanes of at least 4 members (excludes halogenated alkanes) is 2. The lowest BCUT2D eigenvalue weighted by Gasteiger charge is -2.15. The second kappa shape index (κ2) is 11.7. The Morgan fingerprint density at radius 2 is 2.00 bits per heavy atom. The van der Waals surface area contributed by atoms with Crippen molar-refractivity contribution in [1.29, 1.82) is 0 Å². The minimum absolute atomic E-state index is 0.0616. The molecule has 5 nitrogen and oxygen atoms in total. The fraction of sp³-hybridized carbons (Fsp3) is 0.556. The Hall–Kier alpha value is -1.82. The molecule has 0 aliphatic heterocycles. The van der Waals surface area contributed by atoms with Gasteiger partial charge in [-0.25, -0.2) is 0 Å². The Kier molecular flexibility index (Phi) is 9.84. The van der Waals surface area contributed by atoms with Gasteiger partial charge in [-0.05, 0) is 43.1 Å². The van der Waals surface area contributed by atoms with Gasteiger partial charge < -0.3 is 10.1 Å². The zero-order valence-corrected chi connectivity index (χ0v) is 15.7. The molecule has 1 atom stereocenters. The van der Waals surface area contributed by atoms with Crippen LogP contribution in [0.15, 0.2) is 24.3 Å². The third kappa shape index (κ3) is 8.72. The predicted molar refractivity (Wildman–Crippen MR) is 102 cm³/mol. The first kappa shape index (κ1) is 20.2. The molecule has 24 heavy (non-hydrogen) atoms. The number of carbonyl (C=O) groups excluding carboxylic acids is 1. The minimum atomic E-state index is -0.279. The lowest BCUT2D eigenvalue weighted by Crippen LogP contribution is -2.48. The van der Waals surface area contributed by atoms with Crippen LogP contribution in [0.2, 0.25) is 0 Å². The Labute approximate surface area is 150 Å². The highest BCUT2D eigenvalue weighted by atomic mass is 32.1. The number of hydrogen-bond donors (Lipinski definition) is 3. The van der Waals surface area contributed by atoms with E-state index in [0.29, 0.717) is 16.8 Å². The molecule has 3 N–H and O–H groups in total. The number of nitrogens with one attached hydrogen (secondary N) is 3. The fourth-order valence-electron chi connectivity index (χ4n) is 2.18. The smallest absolute Gasteiger partial charge is 0.276 e. The van der Waals surface area contributed by atoms with E-state index in [4.69, 9.17) is 17.0 Å². The van der Waals surface area contributed by atoms with Gasteiger partial charge in [0.05, 0.1) is 0 Å². The summed E-state index contributed by atoms with van der Waals surface area (Å²) < 4.78 is 5.47. The summed E-state index contributed by atoms with van der Waals surface area (Å²) in [6.45, 7) is 7.07. The second-order valence-corrected chi connectivity index (χ2v) is 6.45. The highest BCUT2D eigenvalue weighted by Gasteiger charge is 2.06. The number of carbonyl (C=O) groups is 1. The average Bonchev–Trinajstić information content (AvgIpc) is 2.57. The van der Waals surface area contributed by atoms with Crippen molar-refractivity contribution in [3.05, 3.63) is 29.8 Å². The third-order valence-corrected chi connectivity index (χ3v) is 3.93. The molecule has 0 spiro atoms. The van der Waals surface area contributed by atoms with E-state index in [9.17, 15) is 4.79 Å². The third-order valence-electron chi connectivity index (χ3n) is 3.68.